The minimum absolute atomic E-state index is 0.300. The maximum Gasteiger partial charge on any atom is 0.117 e. The predicted molar refractivity (Wildman–Crippen MR) is 80.7 cm³/mol. The van der Waals surface area contributed by atoms with Crippen molar-refractivity contribution < 1.29 is 0 Å². The summed E-state index contributed by atoms with van der Waals surface area (Å²) in [5.74, 6) is 0.300. The van der Waals surface area contributed by atoms with Gasteiger partial charge in [0.2, 0.25) is 0 Å². The Morgan fingerprint density at radius 1 is 1.47 bits per heavy atom. The zero-order chi connectivity index (χ0) is 14.1. The number of nitrogens with zero attached hydrogens (tertiary/aromatic N) is 4. The van der Waals surface area contributed by atoms with Gasteiger partial charge in [0.1, 0.15) is 12.2 Å². The summed E-state index contributed by atoms with van der Waals surface area (Å²) in [4.78, 5) is 4.02. The van der Waals surface area contributed by atoms with Crippen LogP contribution in [0.2, 0.25) is 0 Å². The van der Waals surface area contributed by atoms with Crippen LogP contribution in [0.5, 0.6) is 0 Å². The lowest BCUT2D eigenvalue weighted by molar-refractivity contribution is 0.0221. The Balaban J connectivity index is 2.73. The standard InChI is InChI=1S/C13H26N6/c1-4-8-17-19(18(3)11-16-12(2)14)13-6-5-9-15-10-7-13/h8,11,13,15H,2,4-7,9-10,14H2,1,3H3/b16-11?,17-8-. The van der Waals surface area contributed by atoms with Gasteiger partial charge in [0.05, 0.1) is 6.04 Å². The van der Waals surface area contributed by atoms with Crippen molar-refractivity contribution in [3.63, 3.8) is 0 Å². The Morgan fingerprint density at radius 2 is 2.26 bits per heavy atom. The van der Waals surface area contributed by atoms with Crippen LogP contribution in [0.25, 0.3) is 0 Å². The minimum atomic E-state index is 0.300. The fourth-order valence-electron chi connectivity index (χ4n) is 2.04. The van der Waals surface area contributed by atoms with Crippen LogP contribution in [0, 0.1) is 0 Å². The first-order chi connectivity index (χ1) is 9.15. The predicted octanol–water partition coefficient (Wildman–Crippen LogP) is 1.13. The maximum atomic E-state index is 5.46. The van der Waals surface area contributed by atoms with E-state index in [1.807, 2.05) is 23.4 Å². The molecule has 108 valence electrons. The summed E-state index contributed by atoms with van der Waals surface area (Å²) >= 11 is 0. The van der Waals surface area contributed by atoms with E-state index in [1.165, 1.54) is 0 Å². The molecule has 0 spiro atoms. The van der Waals surface area contributed by atoms with Crippen molar-refractivity contribution in [2.45, 2.75) is 38.6 Å². The molecule has 0 aliphatic carbocycles. The van der Waals surface area contributed by atoms with E-state index in [1.54, 1.807) is 6.34 Å². The molecule has 19 heavy (non-hydrogen) atoms. The first kappa shape index (κ1) is 15.5. The molecule has 1 rings (SSSR count). The van der Waals surface area contributed by atoms with Crippen LogP contribution in [0.4, 0.5) is 0 Å². The molecule has 6 nitrogen and oxygen atoms in total. The molecule has 1 aliphatic rings. The minimum Gasteiger partial charge on any atom is -0.384 e. The highest BCUT2D eigenvalue weighted by molar-refractivity contribution is 5.57. The molecule has 1 unspecified atom stereocenters. The van der Waals surface area contributed by atoms with Crippen molar-refractivity contribution in [2.24, 2.45) is 15.8 Å². The highest BCUT2D eigenvalue weighted by atomic mass is 15.8. The number of hydrogen-bond donors (Lipinski definition) is 2. The number of aliphatic imine (C=N–C) groups is 1. The van der Waals surface area contributed by atoms with E-state index in [4.69, 9.17) is 5.73 Å². The van der Waals surface area contributed by atoms with E-state index in [2.05, 4.69) is 28.9 Å². The first-order valence-electron chi connectivity index (χ1n) is 6.88. The third-order valence-corrected chi connectivity index (χ3v) is 2.97. The molecule has 6 heteroatoms. The quantitative estimate of drug-likeness (QED) is 0.429. The van der Waals surface area contributed by atoms with Gasteiger partial charge < -0.3 is 11.1 Å². The molecule has 1 heterocycles. The summed E-state index contributed by atoms with van der Waals surface area (Å²) in [5, 5.41) is 11.8. The molecule has 0 aromatic carbocycles. The molecule has 3 N–H and O–H groups in total. The summed E-state index contributed by atoms with van der Waals surface area (Å²) in [6.45, 7) is 7.75. The lowest BCUT2D eigenvalue weighted by Gasteiger charge is -2.34. The number of hydrazone groups is 1. The lowest BCUT2D eigenvalue weighted by Crippen LogP contribution is -2.43. The zero-order valence-corrected chi connectivity index (χ0v) is 12.0. The monoisotopic (exact) mass is 266 g/mol. The van der Waals surface area contributed by atoms with Crippen molar-refractivity contribution in [1.82, 2.24) is 15.4 Å². The normalized spacial score (nSPS) is 20.6. The second-order valence-electron chi connectivity index (χ2n) is 4.67. The number of hydrogen-bond acceptors (Lipinski definition) is 5. The van der Waals surface area contributed by atoms with Crippen LogP contribution in [-0.4, -0.2) is 48.9 Å². The van der Waals surface area contributed by atoms with Crippen LogP contribution < -0.4 is 11.1 Å². The molecule has 0 aromatic heterocycles. The molecular weight excluding hydrogens is 240 g/mol. The Labute approximate surface area is 116 Å². The second kappa shape index (κ2) is 8.53. The summed E-state index contributed by atoms with van der Waals surface area (Å²) in [6.07, 6.45) is 7.85. The summed E-state index contributed by atoms with van der Waals surface area (Å²) < 4.78 is 0. The molecule has 0 aromatic rings. The fraction of sp³-hybridized carbons (Fsp3) is 0.692. The van der Waals surface area contributed by atoms with E-state index in [0.717, 1.165) is 38.8 Å². The highest BCUT2D eigenvalue weighted by Crippen LogP contribution is 2.15. The molecule has 0 amide bonds. The Hall–Kier alpha value is -1.56. The number of nitrogens with two attached hydrogens (primary N) is 1. The molecule has 1 fully saturated rings. The van der Waals surface area contributed by atoms with Gasteiger partial charge in [0.25, 0.3) is 0 Å². The van der Waals surface area contributed by atoms with Crippen molar-refractivity contribution in [2.75, 3.05) is 20.1 Å². The first-order valence-corrected chi connectivity index (χ1v) is 6.88. The molecular formula is C13H26N6. The van der Waals surface area contributed by atoms with E-state index < -0.39 is 0 Å². The molecule has 0 bridgehead atoms. The highest BCUT2D eigenvalue weighted by Gasteiger charge is 2.20. The van der Waals surface area contributed by atoms with Gasteiger partial charge in [-0.3, -0.25) is 5.01 Å². The summed E-state index contributed by atoms with van der Waals surface area (Å²) in [7, 11) is 1.93. The fourth-order valence-corrected chi connectivity index (χ4v) is 2.04. The van der Waals surface area contributed by atoms with Crippen LogP contribution in [0.3, 0.4) is 0 Å². The summed E-state index contributed by atoms with van der Waals surface area (Å²) in [5.41, 5.74) is 5.46. The van der Waals surface area contributed by atoms with Gasteiger partial charge in [-0.15, -0.1) is 0 Å². The van der Waals surface area contributed by atoms with Crippen LogP contribution in [0.1, 0.15) is 32.6 Å². The van der Waals surface area contributed by atoms with Crippen molar-refractivity contribution in [3.05, 3.63) is 12.4 Å². The molecule has 0 saturated carbocycles. The van der Waals surface area contributed by atoms with E-state index in [9.17, 15) is 0 Å². The van der Waals surface area contributed by atoms with Crippen LogP contribution >= 0.6 is 0 Å². The van der Waals surface area contributed by atoms with Gasteiger partial charge >= 0.3 is 0 Å². The van der Waals surface area contributed by atoms with Crippen LogP contribution in [0.15, 0.2) is 22.5 Å². The SMILES string of the molecule is C=C(N)N=CN(C)N(/N=C\CC)C1CCCNCC1. The van der Waals surface area contributed by atoms with Gasteiger partial charge in [0.15, 0.2) is 0 Å². The van der Waals surface area contributed by atoms with Crippen molar-refractivity contribution in [3.8, 4) is 0 Å². The van der Waals surface area contributed by atoms with Gasteiger partial charge in [-0.25, -0.2) is 10.1 Å². The number of rotatable bonds is 6. The van der Waals surface area contributed by atoms with Gasteiger partial charge in [0, 0.05) is 13.3 Å². The smallest absolute Gasteiger partial charge is 0.117 e. The average molecular weight is 266 g/mol. The Bertz CT molecular complexity index is 317. The lowest BCUT2D eigenvalue weighted by atomic mass is 10.1. The molecule has 0 radical (unpaired) electrons. The molecule has 1 atom stereocenters. The van der Waals surface area contributed by atoms with Gasteiger partial charge in [-0.1, -0.05) is 13.5 Å². The van der Waals surface area contributed by atoms with Gasteiger partial charge in [-0.2, -0.15) is 5.10 Å². The van der Waals surface area contributed by atoms with Crippen molar-refractivity contribution in [1.29, 1.82) is 0 Å². The Morgan fingerprint density at radius 3 is 2.95 bits per heavy atom. The number of hydrazine groups is 1. The van der Waals surface area contributed by atoms with Crippen LogP contribution in [-0.2, 0) is 0 Å². The maximum absolute atomic E-state index is 5.46. The third-order valence-electron chi connectivity index (χ3n) is 2.97. The average Bonchev–Trinajstić information content (AvgIpc) is 2.66. The number of nitrogens with one attached hydrogen (secondary N) is 1. The zero-order valence-electron chi connectivity index (χ0n) is 12.0. The molecule has 1 aliphatic heterocycles. The van der Waals surface area contributed by atoms with E-state index in [0.29, 0.717) is 11.9 Å². The topological polar surface area (TPSA) is 69.2 Å². The van der Waals surface area contributed by atoms with E-state index in [-0.39, 0.29) is 0 Å². The van der Waals surface area contributed by atoms with E-state index >= 15 is 0 Å². The Kier molecular flexibility index (Phi) is 6.95. The van der Waals surface area contributed by atoms with Gasteiger partial charge in [-0.05, 0) is 38.8 Å². The van der Waals surface area contributed by atoms with Crippen molar-refractivity contribution >= 4 is 12.6 Å². The largest absolute Gasteiger partial charge is 0.384 e. The summed E-state index contributed by atoms with van der Waals surface area (Å²) in [6, 6.07) is 0.389. The molecule has 1 saturated heterocycles. The second-order valence-corrected chi connectivity index (χ2v) is 4.67. The third kappa shape index (κ3) is 5.74.